The number of amides is 1. The molecule has 0 spiro atoms. The van der Waals surface area contributed by atoms with E-state index in [0.29, 0.717) is 47.6 Å². The number of anilines is 1. The van der Waals surface area contributed by atoms with E-state index in [1.807, 2.05) is 48.5 Å². The number of carbonyl (C=O) groups is 2. The summed E-state index contributed by atoms with van der Waals surface area (Å²) < 4.78 is 16.6. The number of benzene rings is 3. The molecule has 9 nitrogen and oxygen atoms in total. The third kappa shape index (κ3) is 6.81. The van der Waals surface area contributed by atoms with Crippen LogP contribution in [0.3, 0.4) is 0 Å². The number of aromatic carboxylic acids is 1. The Labute approximate surface area is 221 Å². The van der Waals surface area contributed by atoms with Crippen LogP contribution in [0.4, 0.5) is 5.69 Å². The Bertz CT molecular complexity index is 1250. The zero-order chi connectivity index (χ0) is 26.3. The van der Waals surface area contributed by atoms with Crippen LogP contribution in [0.1, 0.15) is 35.2 Å². The Balaban J connectivity index is 0.985. The van der Waals surface area contributed by atoms with Crippen LogP contribution in [-0.2, 0) is 11.3 Å². The smallest absolute Gasteiger partial charge is 0.335 e. The lowest BCUT2D eigenvalue weighted by Gasteiger charge is -2.32. The van der Waals surface area contributed by atoms with Crippen LogP contribution in [0, 0.1) is 0 Å². The van der Waals surface area contributed by atoms with Gasteiger partial charge in [0, 0.05) is 37.3 Å². The second-order valence-corrected chi connectivity index (χ2v) is 9.45. The van der Waals surface area contributed by atoms with Crippen LogP contribution in [0.2, 0.25) is 0 Å². The number of hydrogen-bond donors (Lipinski definition) is 3. The van der Waals surface area contributed by atoms with Crippen molar-refractivity contribution in [1.82, 2.24) is 10.2 Å². The summed E-state index contributed by atoms with van der Waals surface area (Å²) in [5.74, 6) is 1.74. The van der Waals surface area contributed by atoms with Gasteiger partial charge in [0.25, 0.3) is 0 Å². The van der Waals surface area contributed by atoms with E-state index in [1.165, 1.54) is 0 Å². The van der Waals surface area contributed by atoms with Gasteiger partial charge in [0.2, 0.25) is 12.7 Å². The van der Waals surface area contributed by atoms with Crippen molar-refractivity contribution in [2.75, 3.05) is 31.7 Å². The Morgan fingerprint density at radius 2 is 1.63 bits per heavy atom. The molecule has 5 rings (SSSR count). The van der Waals surface area contributed by atoms with Gasteiger partial charge >= 0.3 is 5.97 Å². The van der Waals surface area contributed by atoms with Gasteiger partial charge in [-0.1, -0.05) is 12.1 Å². The number of nitrogens with zero attached hydrogens (tertiary/aromatic N) is 1. The highest BCUT2D eigenvalue weighted by Gasteiger charge is 2.19. The average molecular weight is 518 g/mol. The van der Waals surface area contributed by atoms with Gasteiger partial charge in [-0.25, -0.2) is 4.79 Å². The van der Waals surface area contributed by atoms with Crippen LogP contribution < -0.4 is 24.8 Å². The molecule has 0 atom stereocenters. The molecule has 198 valence electrons. The molecule has 0 radical (unpaired) electrons. The molecule has 1 amide bonds. The molecule has 2 heterocycles. The summed E-state index contributed by atoms with van der Waals surface area (Å²) in [6.07, 6.45) is 2.42. The Morgan fingerprint density at radius 3 is 2.37 bits per heavy atom. The molecule has 2 aliphatic heterocycles. The van der Waals surface area contributed by atoms with Gasteiger partial charge in [-0.15, -0.1) is 0 Å². The quantitative estimate of drug-likeness (QED) is 0.361. The standard InChI is InChI=1S/C29H31N3O6/c33-28(31-23-5-7-24(8-6-23)38-25-9-10-26-27(17-25)37-19-36-26)11-14-30-22-12-15-32(16-13-22)18-20-1-3-21(4-2-20)29(34)35/h1-10,17,22,30H,11-16,18-19H2,(H,31,33)(H,34,35). The fourth-order valence-corrected chi connectivity index (χ4v) is 4.60. The van der Waals surface area contributed by atoms with E-state index in [1.54, 1.807) is 18.2 Å². The number of fused-ring (bicyclic) bond motifs is 1. The van der Waals surface area contributed by atoms with Crippen LogP contribution in [0.25, 0.3) is 0 Å². The highest BCUT2D eigenvalue weighted by molar-refractivity contribution is 5.90. The highest BCUT2D eigenvalue weighted by Crippen LogP contribution is 2.36. The number of nitrogens with one attached hydrogen (secondary N) is 2. The lowest BCUT2D eigenvalue weighted by atomic mass is 10.0. The SMILES string of the molecule is O=C(CCNC1CCN(Cc2ccc(C(=O)O)cc2)CC1)Nc1ccc(Oc2ccc3c(c2)OCO3)cc1. The summed E-state index contributed by atoms with van der Waals surface area (Å²) in [6, 6.07) is 20.1. The van der Waals surface area contributed by atoms with Gasteiger partial charge in [-0.3, -0.25) is 9.69 Å². The molecule has 9 heteroatoms. The predicted molar refractivity (Wildman–Crippen MR) is 142 cm³/mol. The Kier molecular flexibility index (Phi) is 8.06. The highest BCUT2D eigenvalue weighted by atomic mass is 16.7. The van der Waals surface area contributed by atoms with Crippen molar-refractivity contribution < 1.29 is 28.9 Å². The molecular weight excluding hydrogens is 486 g/mol. The fourth-order valence-electron chi connectivity index (χ4n) is 4.60. The maximum atomic E-state index is 12.4. The monoisotopic (exact) mass is 517 g/mol. The first kappa shape index (κ1) is 25.6. The van der Waals surface area contributed by atoms with Crippen molar-refractivity contribution in [2.45, 2.75) is 31.8 Å². The maximum absolute atomic E-state index is 12.4. The number of ether oxygens (including phenoxy) is 3. The third-order valence-corrected chi connectivity index (χ3v) is 6.70. The van der Waals surface area contributed by atoms with E-state index in [9.17, 15) is 9.59 Å². The predicted octanol–water partition coefficient (Wildman–Crippen LogP) is 4.49. The van der Waals surface area contributed by atoms with Crippen LogP contribution in [0.5, 0.6) is 23.0 Å². The second kappa shape index (κ2) is 12.0. The number of rotatable bonds is 10. The minimum atomic E-state index is -0.904. The molecular formula is C29H31N3O6. The zero-order valence-corrected chi connectivity index (χ0v) is 21.0. The summed E-state index contributed by atoms with van der Waals surface area (Å²) in [7, 11) is 0. The second-order valence-electron chi connectivity index (χ2n) is 9.45. The average Bonchev–Trinajstić information content (AvgIpc) is 3.39. The van der Waals surface area contributed by atoms with Gasteiger partial charge in [0.1, 0.15) is 11.5 Å². The van der Waals surface area contributed by atoms with E-state index < -0.39 is 5.97 Å². The largest absolute Gasteiger partial charge is 0.478 e. The molecule has 0 unspecified atom stereocenters. The van der Waals surface area contributed by atoms with E-state index in [2.05, 4.69) is 15.5 Å². The number of carbonyl (C=O) groups excluding carboxylic acids is 1. The molecule has 2 aliphatic rings. The van der Waals surface area contributed by atoms with Crippen molar-refractivity contribution in [1.29, 1.82) is 0 Å². The fraction of sp³-hybridized carbons (Fsp3) is 0.310. The van der Waals surface area contributed by atoms with Gasteiger partial charge < -0.3 is 30.0 Å². The first-order valence-electron chi connectivity index (χ1n) is 12.8. The normalized spacial score (nSPS) is 15.3. The van der Waals surface area contributed by atoms with Crippen molar-refractivity contribution >= 4 is 17.6 Å². The summed E-state index contributed by atoms with van der Waals surface area (Å²) in [5, 5.41) is 15.5. The van der Waals surface area contributed by atoms with E-state index in [-0.39, 0.29) is 12.7 Å². The first-order chi connectivity index (χ1) is 18.5. The number of likely N-dealkylation sites (tertiary alicyclic amines) is 1. The lowest BCUT2D eigenvalue weighted by Crippen LogP contribution is -2.42. The molecule has 3 N–H and O–H groups in total. The third-order valence-electron chi connectivity index (χ3n) is 6.70. The lowest BCUT2D eigenvalue weighted by molar-refractivity contribution is -0.116. The number of carboxylic acids is 1. The maximum Gasteiger partial charge on any atom is 0.335 e. The zero-order valence-electron chi connectivity index (χ0n) is 21.0. The van der Waals surface area contributed by atoms with Gasteiger partial charge in [-0.2, -0.15) is 0 Å². The summed E-state index contributed by atoms with van der Waals surface area (Å²) >= 11 is 0. The first-order valence-corrected chi connectivity index (χ1v) is 12.8. The number of carboxylic acid groups (broad SMARTS) is 1. The van der Waals surface area contributed by atoms with Gasteiger partial charge in [0.05, 0.1) is 5.56 Å². The molecule has 1 saturated heterocycles. The van der Waals surface area contributed by atoms with E-state index in [0.717, 1.165) is 43.7 Å². The Hall–Kier alpha value is -4.08. The van der Waals surface area contributed by atoms with Crippen LogP contribution in [0.15, 0.2) is 66.7 Å². The Morgan fingerprint density at radius 1 is 0.921 bits per heavy atom. The molecule has 1 fully saturated rings. The minimum absolute atomic E-state index is 0.0378. The molecule has 0 aliphatic carbocycles. The number of piperidine rings is 1. The van der Waals surface area contributed by atoms with Gasteiger partial charge in [0.15, 0.2) is 11.5 Å². The van der Waals surface area contributed by atoms with Crippen LogP contribution >= 0.6 is 0 Å². The summed E-state index contributed by atoms with van der Waals surface area (Å²) in [5.41, 5.74) is 2.15. The molecule has 0 bridgehead atoms. The summed E-state index contributed by atoms with van der Waals surface area (Å²) in [6.45, 7) is 3.58. The minimum Gasteiger partial charge on any atom is -0.478 e. The molecule has 3 aromatic rings. The van der Waals surface area contributed by atoms with Gasteiger partial charge in [-0.05, 0) is 80.0 Å². The van der Waals surface area contributed by atoms with Crippen LogP contribution in [-0.4, -0.2) is 54.4 Å². The van der Waals surface area contributed by atoms with Crippen molar-refractivity contribution in [3.05, 3.63) is 77.9 Å². The van der Waals surface area contributed by atoms with E-state index >= 15 is 0 Å². The molecule has 38 heavy (non-hydrogen) atoms. The summed E-state index contributed by atoms with van der Waals surface area (Å²) in [4.78, 5) is 25.8. The number of hydrogen-bond acceptors (Lipinski definition) is 7. The van der Waals surface area contributed by atoms with E-state index in [4.69, 9.17) is 19.3 Å². The molecule has 3 aromatic carbocycles. The van der Waals surface area contributed by atoms with Crippen molar-refractivity contribution in [3.63, 3.8) is 0 Å². The molecule has 0 aromatic heterocycles. The van der Waals surface area contributed by atoms with Crippen molar-refractivity contribution in [3.8, 4) is 23.0 Å². The van der Waals surface area contributed by atoms with Crippen molar-refractivity contribution in [2.24, 2.45) is 0 Å². The molecule has 0 saturated carbocycles. The topological polar surface area (TPSA) is 109 Å².